The maximum absolute atomic E-state index is 12.0. The zero-order valence-corrected chi connectivity index (χ0v) is 13.1. The Bertz CT molecular complexity index is 695. The third-order valence-electron chi connectivity index (χ3n) is 3.98. The van der Waals surface area contributed by atoms with Gasteiger partial charge in [-0.2, -0.15) is 5.10 Å². The van der Waals surface area contributed by atoms with Gasteiger partial charge in [-0.1, -0.05) is 42.5 Å². The summed E-state index contributed by atoms with van der Waals surface area (Å²) in [6.45, 7) is 0.211. The van der Waals surface area contributed by atoms with Gasteiger partial charge in [-0.05, 0) is 43.4 Å². The molecule has 23 heavy (non-hydrogen) atoms. The van der Waals surface area contributed by atoms with E-state index in [9.17, 15) is 4.79 Å². The number of hydrogen-bond donors (Lipinski definition) is 2. The van der Waals surface area contributed by atoms with E-state index in [2.05, 4.69) is 34.0 Å². The molecule has 2 aromatic rings. The molecule has 0 spiro atoms. The first-order chi connectivity index (χ1) is 11.3. The topological polar surface area (TPSA) is 53.5 Å². The molecule has 0 unspecified atom stereocenters. The molecule has 0 heterocycles. The van der Waals surface area contributed by atoms with Gasteiger partial charge in [0.15, 0.2) is 0 Å². The van der Waals surface area contributed by atoms with Gasteiger partial charge in [0, 0.05) is 11.3 Å². The second-order valence-electron chi connectivity index (χ2n) is 5.68. The molecular weight excluding hydrogens is 286 g/mol. The normalized spacial score (nSPS) is 15.6. The van der Waals surface area contributed by atoms with Gasteiger partial charge in [-0.15, -0.1) is 0 Å². The van der Waals surface area contributed by atoms with Gasteiger partial charge in [0.25, 0.3) is 5.91 Å². The SMILES string of the molecule is O=C(CNc1ccccc1)N/N=C1/CCCCc2ccccc21. The van der Waals surface area contributed by atoms with Crippen LogP contribution in [0.1, 0.15) is 30.4 Å². The lowest BCUT2D eigenvalue weighted by atomic mass is 10.0. The number of rotatable bonds is 4. The molecule has 0 saturated carbocycles. The third-order valence-corrected chi connectivity index (χ3v) is 3.98. The Morgan fingerprint density at radius 2 is 1.70 bits per heavy atom. The fourth-order valence-corrected chi connectivity index (χ4v) is 2.79. The van der Waals surface area contributed by atoms with Crippen molar-refractivity contribution in [3.63, 3.8) is 0 Å². The summed E-state index contributed by atoms with van der Waals surface area (Å²) < 4.78 is 0. The summed E-state index contributed by atoms with van der Waals surface area (Å²) in [6, 6.07) is 18.0. The van der Waals surface area contributed by atoms with Crippen molar-refractivity contribution in [1.29, 1.82) is 0 Å². The molecule has 0 aromatic heterocycles. The van der Waals surface area contributed by atoms with Crippen molar-refractivity contribution in [1.82, 2.24) is 5.43 Å². The van der Waals surface area contributed by atoms with Gasteiger partial charge in [0.1, 0.15) is 0 Å². The lowest BCUT2D eigenvalue weighted by Gasteiger charge is -2.09. The van der Waals surface area contributed by atoms with Gasteiger partial charge in [0.2, 0.25) is 0 Å². The van der Waals surface area contributed by atoms with Crippen LogP contribution < -0.4 is 10.7 Å². The minimum atomic E-state index is -0.136. The molecule has 0 radical (unpaired) electrons. The van der Waals surface area contributed by atoms with Crippen LogP contribution in [0.25, 0.3) is 0 Å². The number of hydrazone groups is 1. The van der Waals surface area contributed by atoms with E-state index in [4.69, 9.17) is 0 Å². The first kappa shape index (κ1) is 15.3. The Labute approximate surface area is 136 Å². The number of nitrogens with zero attached hydrogens (tertiary/aromatic N) is 1. The fraction of sp³-hybridized carbons (Fsp3) is 0.263. The number of para-hydroxylation sites is 1. The Hall–Kier alpha value is -2.62. The van der Waals surface area contributed by atoms with Gasteiger partial charge in [0.05, 0.1) is 12.3 Å². The summed E-state index contributed by atoms with van der Waals surface area (Å²) in [5.74, 6) is -0.136. The first-order valence-electron chi connectivity index (χ1n) is 8.05. The molecule has 2 aromatic carbocycles. The van der Waals surface area contributed by atoms with Gasteiger partial charge in [-0.3, -0.25) is 4.79 Å². The predicted molar refractivity (Wildman–Crippen MR) is 93.6 cm³/mol. The second kappa shape index (κ2) is 7.58. The molecule has 3 rings (SSSR count). The van der Waals surface area contributed by atoms with E-state index in [0.717, 1.165) is 30.7 Å². The quantitative estimate of drug-likeness (QED) is 0.672. The Morgan fingerprint density at radius 3 is 2.57 bits per heavy atom. The molecule has 0 fully saturated rings. The number of aryl methyl sites for hydroxylation is 1. The molecule has 0 atom stereocenters. The highest BCUT2D eigenvalue weighted by Gasteiger charge is 2.13. The minimum absolute atomic E-state index is 0.136. The maximum atomic E-state index is 12.0. The van der Waals surface area contributed by atoms with Crippen molar-refractivity contribution in [2.45, 2.75) is 25.7 Å². The van der Waals surface area contributed by atoms with Crippen molar-refractivity contribution < 1.29 is 4.79 Å². The highest BCUT2D eigenvalue weighted by atomic mass is 16.2. The van der Waals surface area contributed by atoms with E-state index < -0.39 is 0 Å². The van der Waals surface area contributed by atoms with Gasteiger partial charge < -0.3 is 5.32 Å². The highest BCUT2D eigenvalue weighted by molar-refractivity contribution is 6.02. The van der Waals surface area contributed by atoms with E-state index in [1.54, 1.807) is 0 Å². The number of carbonyl (C=O) groups is 1. The number of nitrogens with one attached hydrogen (secondary N) is 2. The molecule has 1 aliphatic rings. The average Bonchev–Trinajstić information content (AvgIpc) is 2.81. The summed E-state index contributed by atoms with van der Waals surface area (Å²) in [7, 11) is 0. The van der Waals surface area contributed by atoms with Crippen LogP contribution in [0, 0.1) is 0 Å². The van der Waals surface area contributed by atoms with Crippen molar-refractivity contribution in [3.8, 4) is 0 Å². The second-order valence-corrected chi connectivity index (χ2v) is 5.68. The standard InChI is InChI=1S/C19H21N3O/c23-19(14-20-16-10-2-1-3-11-16)22-21-18-13-7-5-9-15-8-4-6-12-17(15)18/h1-4,6,8,10-12,20H,5,7,9,13-14H2,(H,22,23)/b21-18-. The van der Waals surface area contributed by atoms with Crippen LogP contribution in [0.4, 0.5) is 5.69 Å². The van der Waals surface area contributed by atoms with Crippen LogP contribution in [-0.2, 0) is 11.2 Å². The molecule has 4 nitrogen and oxygen atoms in total. The van der Waals surface area contributed by atoms with Crippen molar-refractivity contribution in [2.75, 3.05) is 11.9 Å². The zero-order valence-electron chi connectivity index (χ0n) is 13.1. The highest BCUT2D eigenvalue weighted by Crippen LogP contribution is 2.20. The maximum Gasteiger partial charge on any atom is 0.259 e. The predicted octanol–water partition coefficient (Wildman–Crippen LogP) is 3.35. The molecule has 0 saturated heterocycles. The summed E-state index contributed by atoms with van der Waals surface area (Å²) in [6.07, 6.45) is 4.26. The summed E-state index contributed by atoms with van der Waals surface area (Å²) in [4.78, 5) is 12.0. The fourth-order valence-electron chi connectivity index (χ4n) is 2.79. The number of fused-ring (bicyclic) bond motifs is 1. The zero-order chi connectivity index (χ0) is 15.9. The Balaban J connectivity index is 1.62. The van der Waals surface area contributed by atoms with Gasteiger partial charge >= 0.3 is 0 Å². The summed E-state index contributed by atoms with van der Waals surface area (Å²) in [5, 5.41) is 7.46. The number of anilines is 1. The van der Waals surface area contributed by atoms with Crippen LogP contribution in [-0.4, -0.2) is 18.2 Å². The van der Waals surface area contributed by atoms with E-state index in [1.165, 1.54) is 17.5 Å². The van der Waals surface area contributed by atoms with E-state index in [0.29, 0.717) is 0 Å². The smallest absolute Gasteiger partial charge is 0.259 e. The van der Waals surface area contributed by atoms with E-state index in [-0.39, 0.29) is 12.5 Å². The Morgan fingerprint density at radius 1 is 0.957 bits per heavy atom. The molecule has 2 N–H and O–H groups in total. The summed E-state index contributed by atoms with van der Waals surface area (Å²) >= 11 is 0. The number of carbonyl (C=O) groups excluding carboxylic acids is 1. The number of hydrogen-bond acceptors (Lipinski definition) is 3. The van der Waals surface area contributed by atoms with Crippen LogP contribution in [0.2, 0.25) is 0 Å². The van der Waals surface area contributed by atoms with Crippen LogP contribution in [0.5, 0.6) is 0 Å². The van der Waals surface area contributed by atoms with Crippen LogP contribution in [0.3, 0.4) is 0 Å². The lowest BCUT2D eigenvalue weighted by Crippen LogP contribution is -2.27. The van der Waals surface area contributed by atoms with E-state index >= 15 is 0 Å². The molecule has 1 aliphatic carbocycles. The molecular formula is C19H21N3O. The number of benzene rings is 2. The van der Waals surface area contributed by atoms with Crippen molar-refractivity contribution in [2.24, 2.45) is 5.10 Å². The average molecular weight is 307 g/mol. The van der Waals surface area contributed by atoms with Crippen LogP contribution in [0.15, 0.2) is 59.7 Å². The first-order valence-corrected chi connectivity index (χ1v) is 8.05. The molecule has 0 aliphatic heterocycles. The van der Waals surface area contributed by atoms with Gasteiger partial charge in [-0.25, -0.2) is 5.43 Å². The molecule has 118 valence electrons. The minimum Gasteiger partial charge on any atom is -0.376 e. The van der Waals surface area contributed by atoms with Crippen molar-refractivity contribution >= 4 is 17.3 Å². The van der Waals surface area contributed by atoms with Crippen LogP contribution >= 0.6 is 0 Å². The van der Waals surface area contributed by atoms with E-state index in [1.807, 2.05) is 36.4 Å². The number of amides is 1. The van der Waals surface area contributed by atoms with Crippen molar-refractivity contribution in [3.05, 3.63) is 65.7 Å². The lowest BCUT2D eigenvalue weighted by molar-refractivity contribution is -0.119. The summed E-state index contributed by atoms with van der Waals surface area (Å²) in [5.41, 5.74) is 7.07. The largest absolute Gasteiger partial charge is 0.376 e. The molecule has 0 bridgehead atoms. The Kier molecular flexibility index (Phi) is 5.04. The third kappa shape index (κ3) is 4.19. The monoisotopic (exact) mass is 307 g/mol. The molecule has 1 amide bonds. The molecule has 4 heteroatoms.